The van der Waals surface area contributed by atoms with Crippen LogP contribution < -0.4 is 14.8 Å². The average molecular weight is 375 g/mol. The van der Waals surface area contributed by atoms with Crippen molar-refractivity contribution in [1.82, 2.24) is 34.8 Å². The zero-order valence-electron chi connectivity index (χ0n) is 15.0. The van der Waals surface area contributed by atoms with E-state index < -0.39 is 0 Å². The van der Waals surface area contributed by atoms with E-state index in [4.69, 9.17) is 4.74 Å². The second-order valence-corrected chi connectivity index (χ2v) is 6.20. The van der Waals surface area contributed by atoms with Crippen LogP contribution in [0.25, 0.3) is 33.9 Å². The maximum Gasteiger partial charge on any atom is 0.458 e. The summed E-state index contributed by atoms with van der Waals surface area (Å²) < 4.78 is 8.47. The van der Waals surface area contributed by atoms with Gasteiger partial charge in [-0.2, -0.15) is 10.1 Å². The number of nitrogens with zero attached hydrogens (tertiary/aromatic N) is 6. The maximum absolute atomic E-state index is 13.4. The lowest BCUT2D eigenvalue weighted by Gasteiger charge is -2.07. The number of hydrogen-bond acceptors (Lipinski definition) is 6. The van der Waals surface area contributed by atoms with Gasteiger partial charge in [0.15, 0.2) is 11.2 Å². The molecule has 0 fully saturated rings. The van der Waals surface area contributed by atoms with Gasteiger partial charge in [0, 0.05) is 18.7 Å². The largest absolute Gasteiger partial charge is 0.497 e. The number of methoxy groups -OCH3 is 1. The number of rotatable bonds is 3. The Morgan fingerprint density at radius 2 is 2.11 bits per heavy atom. The molecule has 2 N–H and O–H groups in total. The molecule has 5 aromatic rings. The Labute approximate surface area is 157 Å². The van der Waals surface area contributed by atoms with Crippen molar-refractivity contribution in [2.75, 3.05) is 7.11 Å². The van der Waals surface area contributed by atoms with Gasteiger partial charge in [-0.1, -0.05) is 22.1 Å². The first-order valence-electron chi connectivity index (χ1n) is 8.49. The monoisotopic (exact) mass is 375 g/mol. The van der Waals surface area contributed by atoms with Crippen LogP contribution in [0.4, 0.5) is 0 Å². The van der Waals surface area contributed by atoms with Gasteiger partial charge in [-0.15, -0.1) is 4.52 Å². The van der Waals surface area contributed by atoms with Crippen molar-refractivity contribution in [3.63, 3.8) is 0 Å². The first kappa shape index (κ1) is 16.1. The van der Waals surface area contributed by atoms with Crippen LogP contribution >= 0.6 is 0 Å². The predicted octanol–water partition coefficient (Wildman–Crippen LogP) is 0.950. The fraction of sp³-hybridized carbons (Fsp3) is 0.111. The molecule has 10 nitrogen and oxygen atoms in total. The standard InChI is InChI=1S/C18H14N8O2/c1-10-21-18-22-13-6-7-25(17-19-9-20-23-17)16(27)14(13)15(26(18)24-10)11-4-3-5-12(8-11)28-2/h3-9H,1-2H3,(H,19,20,23)/p+1. The van der Waals surface area contributed by atoms with Crippen LogP contribution in [0.3, 0.4) is 0 Å². The molecule has 0 aliphatic rings. The smallest absolute Gasteiger partial charge is 0.458 e. The second kappa shape index (κ2) is 5.98. The number of H-pyrrole nitrogens is 2. The Balaban J connectivity index is 1.95. The molecule has 0 atom stereocenters. The molecule has 0 aliphatic carbocycles. The Kier molecular flexibility index (Phi) is 3.44. The van der Waals surface area contributed by atoms with Crippen LogP contribution in [0, 0.1) is 6.92 Å². The highest BCUT2D eigenvalue weighted by molar-refractivity contribution is 5.91. The van der Waals surface area contributed by atoms with Crippen molar-refractivity contribution in [1.29, 1.82) is 0 Å². The van der Waals surface area contributed by atoms with Crippen molar-refractivity contribution < 1.29 is 9.25 Å². The molecule has 0 spiro atoms. The fourth-order valence-electron chi connectivity index (χ4n) is 3.25. The van der Waals surface area contributed by atoms with E-state index in [0.29, 0.717) is 39.9 Å². The summed E-state index contributed by atoms with van der Waals surface area (Å²) in [5.41, 5.74) is 1.68. The van der Waals surface area contributed by atoms with Gasteiger partial charge in [-0.05, 0) is 18.2 Å². The topological polar surface area (TPSA) is 118 Å². The van der Waals surface area contributed by atoms with Crippen LogP contribution in [-0.4, -0.2) is 41.9 Å². The summed E-state index contributed by atoms with van der Waals surface area (Å²) in [7, 11) is 1.60. The summed E-state index contributed by atoms with van der Waals surface area (Å²) in [4.78, 5) is 26.4. The molecule has 4 aromatic heterocycles. The molecule has 0 radical (unpaired) electrons. The van der Waals surface area contributed by atoms with Gasteiger partial charge in [-0.25, -0.2) is 10.2 Å². The highest BCUT2D eigenvalue weighted by Gasteiger charge is 2.24. The molecular weight excluding hydrogens is 360 g/mol. The summed E-state index contributed by atoms with van der Waals surface area (Å²) >= 11 is 0. The van der Waals surface area contributed by atoms with Crippen LogP contribution in [-0.2, 0) is 0 Å². The van der Waals surface area contributed by atoms with E-state index in [1.165, 1.54) is 10.9 Å². The van der Waals surface area contributed by atoms with Crippen molar-refractivity contribution in [2.24, 2.45) is 0 Å². The Bertz CT molecular complexity index is 1380. The maximum atomic E-state index is 13.4. The highest BCUT2D eigenvalue weighted by Crippen LogP contribution is 2.26. The SMILES string of the molecule is COc1cccc(-c2c3c(=O)n(-c4ncn[nH]4)ccc3nc3nc(C)[nH][n+]23)c1. The number of benzene rings is 1. The first-order chi connectivity index (χ1) is 13.7. The van der Waals surface area contributed by atoms with Crippen molar-refractivity contribution >= 4 is 16.7 Å². The molecule has 28 heavy (non-hydrogen) atoms. The lowest BCUT2D eigenvalue weighted by molar-refractivity contribution is -0.567. The summed E-state index contributed by atoms with van der Waals surface area (Å²) in [5, 5.41) is 10.1. The van der Waals surface area contributed by atoms with E-state index in [0.717, 1.165) is 5.56 Å². The third kappa shape index (κ3) is 2.35. The average Bonchev–Trinajstić information content (AvgIpc) is 3.35. The van der Waals surface area contributed by atoms with Crippen LogP contribution in [0.5, 0.6) is 5.75 Å². The minimum Gasteiger partial charge on any atom is -0.497 e. The van der Waals surface area contributed by atoms with Crippen LogP contribution in [0.2, 0.25) is 0 Å². The minimum atomic E-state index is -0.277. The van der Waals surface area contributed by atoms with Crippen LogP contribution in [0.1, 0.15) is 5.82 Å². The van der Waals surface area contributed by atoms with E-state index in [2.05, 4.69) is 30.2 Å². The van der Waals surface area contributed by atoms with Gasteiger partial charge in [0.25, 0.3) is 5.56 Å². The van der Waals surface area contributed by atoms with E-state index >= 15 is 0 Å². The summed E-state index contributed by atoms with van der Waals surface area (Å²) in [6.07, 6.45) is 2.97. The van der Waals surface area contributed by atoms with Gasteiger partial charge >= 0.3 is 5.78 Å². The number of fused-ring (bicyclic) bond motifs is 2. The van der Waals surface area contributed by atoms with E-state index in [9.17, 15) is 4.79 Å². The van der Waals surface area contributed by atoms with Crippen molar-refractivity contribution in [3.05, 3.63) is 59.0 Å². The zero-order valence-corrected chi connectivity index (χ0v) is 15.0. The van der Waals surface area contributed by atoms with E-state index in [-0.39, 0.29) is 5.56 Å². The molecule has 10 heteroatoms. The third-order valence-corrected chi connectivity index (χ3v) is 4.47. The van der Waals surface area contributed by atoms with E-state index in [1.807, 2.05) is 31.2 Å². The van der Waals surface area contributed by atoms with Crippen molar-refractivity contribution in [3.8, 4) is 23.0 Å². The molecule has 4 heterocycles. The van der Waals surface area contributed by atoms with Gasteiger partial charge < -0.3 is 4.74 Å². The second-order valence-electron chi connectivity index (χ2n) is 6.20. The van der Waals surface area contributed by atoms with E-state index in [1.54, 1.807) is 23.9 Å². The number of ether oxygens (including phenoxy) is 1. The normalized spacial score (nSPS) is 11.4. The predicted molar refractivity (Wildman–Crippen MR) is 99.3 cm³/mol. The molecule has 138 valence electrons. The Hall–Kier alpha value is -4.08. The summed E-state index contributed by atoms with van der Waals surface area (Å²) in [6, 6.07) is 9.24. The number of pyridine rings is 1. The van der Waals surface area contributed by atoms with Gasteiger partial charge in [0.05, 0.1) is 7.11 Å². The third-order valence-electron chi connectivity index (χ3n) is 4.47. The lowest BCUT2D eigenvalue weighted by atomic mass is 10.1. The first-order valence-corrected chi connectivity index (χ1v) is 8.49. The Morgan fingerprint density at radius 1 is 1.21 bits per heavy atom. The molecule has 0 aliphatic heterocycles. The quantitative estimate of drug-likeness (QED) is 0.453. The van der Waals surface area contributed by atoms with Gasteiger partial charge in [-0.3, -0.25) is 9.36 Å². The highest BCUT2D eigenvalue weighted by atomic mass is 16.5. The number of hydrogen-bond donors (Lipinski definition) is 2. The Morgan fingerprint density at radius 3 is 2.89 bits per heavy atom. The molecule has 5 rings (SSSR count). The lowest BCUT2D eigenvalue weighted by Crippen LogP contribution is -2.31. The number of aromatic amines is 2. The minimum absolute atomic E-state index is 0.277. The van der Waals surface area contributed by atoms with Gasteiger partial charge in [0.1, 0.15) is 17.5 Å². The fourth-order valence-corrected chi connectivity index (χ4v) is 3.25. The molecule has 0 unspecified atom stereocenters. The molecule has 0 bridgehead atoms. The number of aromatic nitrogens is 8. The van der Waals surface area contributed by atoms with Gasteiger partial charge in [0.2, 0.25) is 11.8 Å². The number of aryl methyl sites for hydroxylation is 1. The molecular formula is C18H15N8O2+. The zero-order chi connectivity index (χ0) is 19.3. The van der Waals surface area contributed by atoms with Crippen molar-refractivity contribution in [2.45, 2.75) is 6.92 Å². The molecule has 0 amide bonds. The summed E-state index contributed by atoms with van der Waals surface area (Å²) in [6.45, 7) is 1.83. The number of nitrogens with one attached hydrogen (secondary N) is 2. The van der Waals surface area contributed by atoms with Crippen LogP contribution in [0.15, 0.2) is 47.7 Å². The molecule has 1 aromatic carbocycles. The molecule has 0 saturated heterocycles. The molecule has 0 saturated carbocycles. The summed E-state index contributed by atoms with van der Waals surface area (Å²) in [5.74, 6) is 2.16.